The van der Waals surface area contributed by atoms with E-state index in [0.29, 0.717) is 0 Å². The number of hydrogen-bond acceptors (Lipinski definition) is 4. The summed E-state index contributed by atoms with van der Waals surface area (Å²) in [7, 11) is -7.57. The lowest BCUT2D eigenvalue weighted by Crippen LogP contribution is -2.64. The summed E-state index contributed by atoms with van der Waals surface area (Å²) >= 11 is 0. The minimum atomic E-state index is -3.79. The molecular weight excluding hydrogens is 468 g/mol. The third-order valence-corrected chi connectivity index (χ3v) is 11.1. The number of sulfonamides is 2. The van der Waals surface area contributed by atoms with Gasteiger partial charge in [0.15, 0.2) is 0 Å². The van der Waals surface area contributed by atoms with Gasteiger partial charge in [-0.3, -0.25) is 0 Å². The summed E-state index contributed by atoms with van der Waals surface area (Å²) in [6.07, 6.45) is 1.49. The fraction of sp³-hybridized carbons (Fsp3) is 0.538. The highest BCUT2D eigenvalue weighted by Gasteiger charge is 2.47. The van der Waals surface area contributed by atoms with E-state index in [4.69, 9.17) is 0 Å². The van der Waals surface area contributed by atoms with E-state index < -0.39 is 32.1 Å². The van der Waals surface area contributed by atoms with Gasteiger partial charge in [-0.2, -0.15) is 8.61 Å². The minimum absolute atomic E-state index is 0.00572. The van der Waals surface area contributed by atoms with E-state index in [0.717, 1.165) is 24.0 Å². The van der Waals surface area contributed by atoms with Crippen molar-refractivity contribution < 1.29 is 16.8 Å². The van der Waals surface area contributed by atoms with E-state index in [9.17, 15) is 16.8 Å². The zero-order chi connectivity index (χ0) is 25.3. The fourth-order valence-electron chi connectivity index (χ4n) is 4.54. The van der Waals surface area contributed by atoms with Crippen molar-refractivity contribution in [2.45, 2.75) is 76.3 Å². The lowest BCUT2D eigenvalue weighted by atomic mass is 9.92. The van der Waals surface area contributed by atoms with Crippen LogP contribution in [0.1, 0.15) is 51.7 Å². The van der Waals surface area contributed by atoms with Gasteiger partial charge in [-0.1, -0.05) is 75.9 Å². The maximum atomic E-state index is 13.8. The van der Waals surface area contributed by atoms with Crippen molar-refractivity contribution in [2.24, 2.45) is 11.8 Å². The molecule has 8 heteroatoms. The van der Waals surface area contributed by atoms with Crippen molar-refractivity contribution in [1.82, 2.24) is 8.61 Å². The maximum Gasteiger partial charge on any atom is 0.243 e. The molecule has 1 heterocycles. The highest BCUT2D eigenvalue weighted by atomic mass is 32.2. The summed E-state index contributed by atoms with van der Waals surface area (Å²) in [5, 5.41) is 0. The minimum Gasteiger partial charge on any atom is -0.207 e. The van der Waals surface area contributed by atoms with Crippen LogP contribution >= 0.6 is 0 Å². The normalized spacial score (nSPS) is 22.4. The third-order valence-electron chi connectivity index (χ3n) is 7.33. The van der Waals surface area contributed by atoms with Gasteiger partial charge in [0.25, 0.3) is 0 Å². The van der Waals surface area contributed by atoms with Crippen LogP contribution in [0.5, 0.6) is 0 Å². The van der Waals surface area contributed by atoms with Crippen LogP contribution in [0.2, 0.25) is 0 Å². The third kappa shape index (κ3) is 5.25. The van der Waals surface area contributed by atoms with Crippen LogP contribution in [0.4, 0.5) is 0 Å². The first-order valence-corrected chi connectivity index (χ1v) is 15.0. The molecule has 2 aromatic rings. The Morgan fingerprint density at radius 2 is 0.971 bits per heavy atom. The molecule has 0 N–H and O–H groups in total. The number of nitrogens with zero attached hydrogens (tertiary/aromatic N) is 2. The molecule has 0 spiro atoms. The second-order valence-electron chi connectivity index (χ2n) is 9.68. The van der Waals surface area contributed by atoms with Crippen LogP contribution in [0.3, 0.4) is 0 Å². The van der Waals surface area contributed by atoms with Crippen molar-refractivity contribution in [1.29, 1.82) is 0 Å². The molecule has 1 fully saturated rings. The number of aryl methyl sites for hydroxylation is 2. The average Bonchev–Trinajstić information content (AvgIpc) is 2.82. The van der Waals surface area contributed by atoms with Crippen LogP contribution in [-0.4, -0.2) is 50.6 Å². The van der Waals surface area contributed by atoms with Gasteiger partial charge in [0.2, 0.25) is 20.0 Å². The molecule has 0 aliphatic carbocycles. The van der Waals surface area contributed by atoms with Crippen LogP contribution in [-0.2, 0) is 20.0 Å². The first-order valence-electron chi connectivity index (χ1n) is 12.1. The summed E-state index contributed by atoms with van der Waals surface area (Å²) in [6.45, 7) is 12.2. The summed E-state index contributed by atoms with van der Waals surface area (Å²) in [6, 6.07) is 12.9. The predicted octanol–water partition coefficient (Wildman–Crippen LogP) is 4.83. The zero-order valence-corrected chi connectivity index (χ0v) is 22.7. The van der Waals surface area contributed by atoms with Gasteiger partial charge < -0.3 is 0 Å². The molecule has 34 heavy (non-hydrogen) atoms. The van der Waals surface area contributed by atoms with E-state index in [-0.39, 0.29) is 34.7 Å². The fourth-order valence-corrected chi connectivity index (χ4v) is 8.00. The lowest BCUT2D eigenvalue weighted by Gasteiger charge is -2.48. The molecule has 4 atom stereocenters. The Morgan fingerprint density at radius 3 is 1.24 bits per heavy atom. The number of benzene rings is 2. The molecule has 6 nitrogen and oxygen atoms in total. The molecule has 1 saturated heterocycles. The quantitative estimate of drug-likeness (QED) is 0.514. The van der Waals surface area contributed by atoms with E-state index in [1.165, 1.54) is 0 Å². The molecule has 1 unspecified atom stereocenters. The van der Waals surface area contributed by atoms with E-state index in [1.54, 1.807) is 57.1 Å². The zero-order valence-electron chi connectivity index (χ0n) is 21.1. The molecule has 0 bridgehead atoms. The number of rotatable bonds is 8. The van der Waals surface area contributed by atoms with Crippen LogP contribution in [0.25, 0.3) is 0 Å². The Bertz CT molecular complexity index is 1080. The SMILES string of the molecule is CCC(C)[C@H]1CN(S(=O)(=O)c2ccc(C)cc2)[C@@H]([C@@H](C)CC)CN1S(=O)(=O)c1ccc(C)cc1. The van der Waals surface area contributed by atoms with Crippen LogP contribution in [0, 0.1) is 25.7 Å². The standard InChI is InChI=1S/C26H38N2O4S2/c1-7-21(5)25-17-28(34(31,32)24-15-11-20(4)12-16-24)26(22(6)8-2)18-27(25)33(29,30)23-13-9-19(3)10-14-23/h9-16,21-22,25-26H,7-8,17-18H2,1-6H3/t21-,22?,25+,26+/m0/s1. The summed E-state index contributed by atoms with van der Waals surface area (Å²) in [4.78, 5) is 0.508. The average molecular weight is 507 g/mol. The van der Waals surface area contributed by atoms with Gasteiger partial charge in [0.05, 0.1) is 9.79 Å². The number of piperazine rings is 1. The highest BCUT2D eigenvalue weighted by molar-refractivity contribution is 7.89. The first-order chi connectivity index (χ1) is 15.9. The van der Waals surface area contributed by atoms with Gasteiger partial charge >= 0.3 is 0 Å². The molecule has 1 aliphatic rings. The Morgan fingerprint density at radius 1 is 0.676 bits per heavy atom. The molecule has 0 amide bonds. The molecule has 0 aromatic heterocycles. The lowest BCUT2D eigenvalue weighted by molar-refractivity contribution is 0.0838. The van der Waals surface area contributed by atoms with Crippen molar-refractivity contribution in [3.63, 3.8) is 0 Å². The molecule has 2 aromatic carbocycles. The Balaban J connectivity index is 2.10. The summed E-state index contributed by atoms with van der Waals surface area (Å²) in [5.74, 6) is -0.0114. The monoisotopic (exact) mass is 506 g/mol. The Kier molecular flexibility index (Phi) is 8.28. The first kappa shape index (κ1) is 26.9. The van der Waals surface area contributed by atoms with Crippen molar-refractivity contribution in [2.75, 3.05) is 13.1 Å². The predicted molar refractivity (Wildman–Crippen MR) is 137 cm³/mol. The van der Waals surface area contributed by atoms with Gasteiger partial charge in [-0.05, 0) is 49.9 Å². The molecule has 0 radical (unpaired) electrons. The van der Waals surface area contributed by atoms with Crippen molar-refractivity contribution in [3.05, 3.63) is 59.7 Å². The topological polar surface area (TPSA) is 74.8 Å². The number of hydrogen-bond donors (Lipinski definition) is 0. The molecule has 1 aliphatic heterocycles. The highest BCUT2D eigenvalue weighted by Crippen LogP contribution is 2.35. The largest absolute Gasteiger partial charge is 0.243 e. The second-order valence-corrected chi connectivity index (χ2v) is 13.5. The maximum absolute atomic E-state index is 13.8. The van der Waals surface area contributed by atoms with Crippen LogP contribution in [0.15, 0.2) is 58.3 Å². The smallest absolute Gasteiger partial charge is 0.207 e. The second kappa shape index (κ2) is 10.5. The molecular formula is C26H38N2O4S2. The molecule has 0 saturated carbocycles. The Hall–Kier alpha value is -1.74. The van der Waals surface area contributed by atoms with Crippen LogP contribution < -0.4 is 0 Å². The Labute approximate surface area is 206 Å². The van der Waals surface area contributed by atoms with Gasteiger partial charge in [0, 0.05) is 25.2 Å². The van der Waals surface area contributed by atoms with Crippen molar-refractivity contribution >= 4 is 20.0 Å². The summed E-state index contributed by atoms with van der Waals surface area (Å²) in [5.41, 5.74) is 1.98. The molecule has 3 rings (SSSR count). The van der Waals surface area contributed by atoms with Gasteiger partial charge in [0.1, 0.15) is 0 Å². The van der Waals surface area contributed by atoms with E-state index in [1.807, 2.05) is 41.5 Å². The van der Waals surface area contributed by atoms with E-state index in [2.05, 4.69) is 0 Å². The summed E-state index contributed by atoms with van der Waals surface area (Å²) < 4.78 is 58.4. The van der Waals surface area contributed by atoms with E-state index >= 15 is 0 Å². The van der Waals surface area contributed by atoms with Gasteiger partial charge in [-0.15, -0.1) is 0 Å². The van der Waals surface area contributed by atoms with Crippen molar-refractivity contribution in [3.8, 4) is 0 Å². The van der Waals surface area contributed by atoms with Gasteiger partial charge in [-0.25, -0.2) is 16.8 Å². The molecule has 188 valence electrons.